The lowest BCUT2D eigenvalue weighted by Crippen LogP contribution is -2.44. The van der Waals surface area contributed by atoms with E-state index >= 15 is 0 Å². The van der Waals surface area contributed by atoms with Crippen molar-refractivity contribution in [2.24, 2.45) is 0 Å². The van der Waals surface area contributed by atoms with E-state index in [-0.39, 0.29) is 18.4 Å². The van der Waals surface area contributed by atoms with Crippen LogP contribution in [0.2, 0.25) is 0 Å². The van der Waals surface area contributed by atoms with Gasteiger partial charge < -0.3 is 9.80 Å². The molecule has 0 aromatic carbocycles. The number of carbonyl (C=O) groups is 2. The molecule has 1 rings (SSSR count). The summed E-state index contributed by atoms with van der Waals surface area (Å²) in [6, 6.07) is 0. The number of rotatable bonds is 5. The summed E-state index contributed by atoms with van der Waals surface area (Å²) in [5.41, 5.74) is 0. The van der Waals surface area contributed by atoms with Gasteiger partial charge in [-0.15, -0.1) is 0 Å². The molecule has 1 fully saturated rings. The topological polar surface area (TPSA) is 40.6 Å². The van der Waals surface area contributed by atoms with Crippen LogP contribution in [-0.4, -0.2) is 47.8 Å². The maximum Gasteiger partial charge on any atom is 0.242 e. The van der Waals surface area contributed by atoms with Gasteiger partial charge in [-0.05, 0) is 25.7 Å². The Kier molecular flexibility index (Phi) is 6.01. The highest BCUT2D eigenvalue weighted by molar-refractivity contribution is 5.83. The van der Waals surface area contributed by atoms with Gasteiger partial charge in [-0.25, -0.2) is 0 Å². The summed E-state index contributed by atoms with van der Waals surface area (Å²) in [7, 11) is 0. The molecule has 1 aliphatic rings. The Balaban J connectivity index is 2.42. The molecule has 0 unspecified atom stereocenters. The van der Waals surface area contributed by atoms with Crippen LogP contribution < -0.4 is 0 Å². The Hall–Kier alpha value is -1.06. The van der Waals surface area contributed by atoms with Gasteiger partial charge in [-0.1, -0.05) is 13.3 Å². The molecule has 0 atom stereocenters. The van der Waals surface area contributed by atoms with E-state index in [1.807, 2.05) is 4.90 Å². The Morgan fingerprint density at radius 2 is 1.82 bits per heavy atom. The molecule has 4 nitrogen and oxygen atoms in total. The third-order valence-corrected chi connectivity index (χ3v) is 3.26. The smallest absolute Gasteiger partial charge is 0.242 e. The first kappa shape index (κ1) is 14.0. The van der Waals surface area contributed by atoms with Gasteiger partial charge in [-0.3, -0.25) is 9.59 Å². The molecule has 4 heteroatoms. The number of likely N-dealkylation sites (tertiary alicyclic amines) is 1. The van der Waals surface area contributed by atoms with Gasteiger partial charge in [-0.2, -0.15) is 0 Å². The number of amides is 2. The molecule has 0 aromatic rings. The first-order valence-electron chi connectivity index (χ1n) is 6.68. The monoisotopic (exact) mass is 240 g/mol. The fraction of sp³-hybridized carbons (Fsp3) is 0.846. The Morgan fingerprint density at radius 1 is 1.18 bits per heavy atom. The molecule has 0 spiro atoms. The van der Waals surface area contributed by atoms with Gasteiger partial charge >= 0.3 is 0 Å². The lowest BCUT2D eigenvalue weighted by Gasteiger charge is -2.29. The highest BCUT2D eigenvalue weighted by atomic mass is 16.2. The van der Waals surface area contributed by atoms with Crippen molar-refractivity contribution in [2.45, 2.75) is 46.0 Å². The van der Waals surface area contributed by atoms with Crippen molar-refractivity contribution in [2.75, 3.05) is 26.2 Å². The van der Waals surface area contributed by atoms with E-state index in [0.29, 0.717) is 6.54 Å². The maximum absolute atomic E-state index is 12.0. The summed E-state index contributed by atoms with van der Waals surface area (Å²) >= 11 is 0. The molecular formula is C13H24N2O2. The molecule has 0 saturated carbocycles. The van der Waals surface area contributed by atoms with Crippen molar-refractivity contribution >= 4 is 11.8 Å². The molecule has 17 heavy (non-hydrogen) atoms. The zero-order valence-corrected chi connectivity index (χ0v) is 11.1. The maximum atomic E-state index is 12.0. The van der Waals surface area contributed by atoms with Crippen molar-refractivity contribution in [3.63, 3.8) is 0 Å². The Labute approximate surface area is 104 Å². The van der Waals surface area contributed by atoms with Gasteiger partial charge in [0, 0.05) is 26.6 Å². The SMILES string of the molecule is CCCCN(CC(=O)N1CCCCC1)C(C)=O. The third-order valence-electron chi connectivity index (χ3n) is 3.26. The first-order valence-corrected chi connectivity index (χ1v) is 6.68. The van der Waals surface area contributed by atoms with E-state index in [2.05, 4.69) is 6.92 Å². The minimum Gasteiger partial charge on any atom is -0.341 e. The largest absolute Gasteiger partial charge is 0.341 e. The van der Waals surface area contributed by atoms with Gasteiger partial charge in [0.25, 0.3) is 0 Å². The molecular weight excluding hydrogens is 216 g/mol. The third kappa shape index (κ3) is 4.75. The Morgan fingerprint density at radius 3 is 2.35 bits per heavy atom. The van der Waals surface area contributed by atoms with Crippen LogP contribution in [0.15, 0.2) is 0 Å². The highest BCUT2D eigenvalue weighted by Gasteiger charge is 2.20. The second-order valence-corrected chi connectivity index (χ2v) is 4.74. The van der Waals surface area contributed by atoms with Crippen LogP contribution in [0.4, 0.5) is 0 Å². The Bertz CT molecular complexity index is 260. The van der Waals surface area contributed by atoms with Crippen molar-refractivity contribution < 1.29 is 9.59 Å². The standard InChI is InChI=1S/C13H24N2O2/c1-3-4-8-15(12(2)16)11-13(17)14-9-6-5-7-10-14/h3-11H2,1-2H3. The summed E-state index contributed by atoms with van der Waals surface area (Å²) in [5.74, 6) is 0.111. The van der Waals surface area contributed by atoms with Crippen molar-refractivity contribution in [3.05, 3.63) is 0 Å². The van der Waals surface area contributed by atoms with Crippen LogP contribution in [0.25, 0.3) is 0 Å². The normalized spacial score (nSPS) is 15.8. The summed E-state index contributed by atoms with van der Waals surface area (Å²) in [5, 5.41) is 0. The molecule has 0 bridgehead atoms. The lowest BCUT2D eigenvalue weighted by molar-refractivity contribution is -0.140. The predicted octanol–water partition coefficient (Wildman–Crippen LogP) is 1.65. The van der Waals surface area contributed by atoms with Crippen LogP contribution in [0.3, 0.4) is 0 Å². The number of hydrogen-bond donors (Lipinski definition) is 0. The van der Waals surface area contributed by atoms with Crippen molar-refractivity contribution in [1.29, 1.82) is 0 Å². The highest BCUT2D eigenvalue weighted by Crippen LogP contribution is 2.09. The van der Waals surface area contributed by atoms with E-state index in [9.17, 15) is 9.59 Å². The average Bonchev–Trinajstić information content (AvgIpc) is 2.35. The van der Waals surface area contributed by atoms with E-state index < -0.39 is 0 Å². The summed E-state index contributed by atoms with van der Waals surface area (Å²) in [6.07, 6.45) is 5.42. The first-order chi connectivity index (χ1) is 8.15. The summed E-state index contributed by atoms with van der Waals surface area (Å²) in [6.45, 7) is 6.31. The molecule has 1 aliphatic heterocycles. The van der Waals surface area contributed by atoms with Crippen LogP contribution in [0, 0.1) is 0 Å². The van der Waals surface area contributed by atoms with Gasteiger partial charge in [0.1, 0.15) is 0 Å². The van der Waals surface area contributed by atoms with Crippen LogP contribution in [-0.2, 0) is 9.59 Å². The number of piperidine rings is 1. The fourth-order valence-corrected chi connectivity index (χ4v) is 2.10. The molecule has 0 N–H and O–H groups in total. The average molecular weight is 240 g/mol. The number of carbonyl (C=O) groups excluding carboxylic acids is 2. The number of nitrogens with zero attached hydrogens (tertiary/aromatic N) is 2. The molecule has 0 aliphatic carbocycles. The lowest BCUT2D eigenvalue weighted by atomic mass is 10.1. The van der Waals surface area contributed by atoms with Crippen LogP contribution in [0.5, 0.6) is 0 Å². The number of unbranched alkanes of at least 4 members (excludes halogenated alkanes) is 1. The van der Waals surface area contributed by atoms with E-state index in [1.165, 1.54) is 6.42 Å². The zero-order chi connectivity index (χ0) is 12.7. The molecule has 98 valence electrons. The molecule has 0 radical (unpaired) electrons. The van der Waals surface area contributed by atoms with Crippen LogP contribution in [0.1, 0.15) is 46.0 Å². The quantitative estimate of drug-likeness (QED) is 0.733. The minimum absolute atomic E-state index is 0.00353. The molecule has 2 amide bonds. The van der Waals surface area contributed by atoms with Gasteiger partial charge in [0.15, 0.2) is 0 Å². The van der Waals surface area contributed by atoms with E-state index in [1.54, 1.807) is 11.8 Å². The van der Waals surface area contributed by atoms with Crippen LogP contribution >= 0.6 is 0 Å². The van der Waals surface area contributed by atoms with Crippen molar-refractivity contribution in [1.82, 2.24) is 9.80 Å². The second-order valence-electron chi connectivity index (χ2n) is 4.74. The molecule has 0 aromatic heterocycles. The van der Waals surface area contributed by atoms with Gasteiger partial charge in [0.2, 0.25) is 11.8 Å². The molecule has 1 heterocycles. The number of hydrogen-bond acceptors (Lipinski definition) is 2. The molecule has 1 saturated heterocycles. The zero-order valence-electron chi connectivity index (χ0n) is 11.1. The van der Waals surface area contributed by atoms with E-state index in [4.69, 9.17) is 0 Å². The summed E-state index contributed by atoms with van der Waals surface area (Å²) in [4.78, 5) is 27.0. The predicted molar refractivity (Wildman–Crippen MR) is 67.6 cm³/mol. The minimum atomic E-state index is 0.00353. The van der Waals surface area contributed by atoms with E-state index in [0.717, 1.165) is 38.8 Å². The fourth-order valence-electron chi connectivity index (χ4n) is 2.10. The second kappa shape index (κ2) is 7.30. The summed E-state index contributed by atoms with van der Waals surface area (Å²) < 4.78 is 0. The van der Waals surface area contributed by atoms with Crippen molar-refractivity contribution in [3.8, 4) is 0 Å². The van der Waals surface area contributed by atoms with Gasteiger partial charge in [0.05, 0.1) is 6.54 Å².